The fourth-order valence-electron chi connectivity index (χ4n) is 1.77. The zero-order valence-corrected chi connectivity index (χ0v) is 8.85. The molecular formula is C11H14N4. The third-order valence-electron chi connectivity index (χ3n) is 2.82. The molecule has 1 aliphatic heterocycles. The van der Waals surface area contributed by atoms with Crippen molar-refractivity contribution in [2.24, 2.45) is 5.92 Å². The van der Waals surface area contributed by atoms with E-state index in [2.05, 4.69) is 21.8 Å². The lowest BCUT2D eigenvalue weighted by Gasteiger charge is -2.30. The van der Waals surface area contributed by atoms with Gasteiger partial charge in [-0.2, -0.15) is 5.26 Å². The Morgan fingerprint density at radius 2 is 2.20 bits per heavy atom. The van der Waals surface area contributed by atoms with Crippen LogP contribution in [0.15, 0.2) is 12.3 Å². The summed E-state index contributed by atoms with van der Waals surface area (Å²) >= 11 is 0. The second-order valence-corrected chi connectivity index (χ2v) is 4.02. The van der Waals surface area contributed by atoms with E-state index in [0.717, 1.165) is 19.0 Å². The lowest BCUT2D eigenvalue weighted by molar-refractivity contribution is 0.434. The topological polar surface area (TPSA) is 52.8 Å². The van der Waals surface area contributed by atoms with E-state index < -0.39 is 0 Å². The fraction of sp³-hybridized carbons (Fsp3) is 0.545. The lowest BCUT2D eigenvalue weighted by Crippen LogP contribution is -2.34. The highest BCUT2D eigenvalue weighted by Gasteiger charge is 2.17. The summed E-state index contributed by atoms with van der Waals surface area (Å²) in [7, 11) is 0. The van der Waals surface area contributed by atoms with E-state index >= 15 is 0 Å². The first kappa shape index (κ1) is 9.91. The molecule has 78 valence electrons. The molecule has 0 aromatic carbocycles. The van der Waals surface area contributed by atoms with E-state index in [9.17, 15) is 0 Å². The average molecular weight is 202 g/mol. The van der Waals surface area contributed by atoms with Crippen molar-refractivity contribution in [3.63, 3.8) is 0 Å². The Morgan fingerprint density at radius 1 is 1.47 bits per heavy atom. The van der Waals surface area contributed by atoms with Crippen LogP contribution in [-0.4, -0.2) is 23.1 Å². The van der Waals surface area contributed by atoms with Crippen LogP contribution in [0.4, 0.5) is 5.95 Å². The molecule has 1 aliphatic rings. The van der Waals surface area contributed by atoms with Crippen LogP contribution in [0, 0.1) is 17.2 Å². The van der Waals surface area contributed by atoms with Crippen molar-refractivity contribution in [2.75, 3.05) is 18.0 Å². The van der Waals surface area contributed by atoms with E-state index in [1.54, 1.807) is 12.3 Å². The van der Waals surface area contributed by atoms with Crippen molar-refractivity contribution >= 4 is 5.95 Å². The molecule has 0 radical (unpaired) electrons. The van der Waals surface area contributed by atoms with Gasteiger partial charge in [-0.15, -0.1) is 0 Å². The van der Waals surface area contributed by atoms with Crippen molar-refractivity contribution < 1.29 is 0 Å². The second-order valence-electron chi connectivity index (χ2n) is 4.02. The fourth-order valence-corrected chi connectivity index (χ4v) is 1.77. The molecule has 1 saturated heterocycles. The molecule has 0 aliphatic carbocycles. The van der Waals surface area contributed by atoms with E-state index in [1.165, 1.54) is 12.8 Å². The molecule has 1 fully saturated rings. The first-order valence-electron chi connectivity index (χ1n) is 5.27. The molecule has 0 spiro atoms. The summed E-state index contributed by atoms with van der Waals surface area (Å²) in [4.78, 5) is 10.5. The highest BCUT2D eigenvalue weighted by Crippen LogP contribution is 2.19. The van der Waals surface area contributed by atoms with Gasteiger partial charge in [0, 0.05) is 19.3 Å². The van der Waals surface area contributed by atoms with Gasteiger partial charge in [0.05, 0.1) is 0 Å². The summed E-state index contributed by atoms with van der Waals surface area (Å²) in [6, 6.07) is 3.67. The predicted molar refractivity (Wildman–Crippen MR) is 57.4 cm³/mol. The standard InChI is InChI=1S/C11H14N4/c1-9-3-6-15(7-4-9)11-13-5-2-10(8-12)14-11/h2,5,9H,3-4,6-7H2,1H3. The van der Waals surface area contributed by atoms with Crippen LogP contribution in [0.3, 0.4) is 0 Å². The average Bonchev–Trinajstić information content (AvgIpc) is 2.30. The zero-order chi connectivity index (χ0) is 10.7. The van der Waals surface area contributed by atoms with Crippen molar-refractivity contribution in [3.8, 4) is 6.07 Å². The molecule has 0 N–H and O–H groups in total. The molecule has 4 heteroatoms. The minimum absolute atomic E-state index is 0.443. The van der Waals surface area contributed by atoms with Gasteiger partial charge in [0.1, 0.15) is 11.8 Å². The normalized spacial score (nSPS) is 17.5. The van der Waals surface area contributed by atoms with Crippen molar-refractivity contribution in [3.05, 3.63) is 18.0 Å². The van der Waals surface area contributed by atoms with Crippen molar-refractivity contribution in [1.29, 1.82) is 5.26 Å². The third-order valence-corrected chi connectivity index (χ3v) is 2.82. The molecule has 0 saturated carbocycles. The molecule has 0 atom stereocenters. The van der Waals surface area contributed by atoms with Crippen LogP contribution in [0.2, 0.25) is 0 Å². The molecule has 4 nitrogen and oxygen atoms in total. The largest absolute Gasteiger partial charge is 0.341 e. The highest BCUT2D eigenvalue weighted by atomic mass is 15.2. The van der Waals surface area contributed by atoms with Crippen LogP contribution >= 0.6 is 0 Å². The quantitative estimate of drug-likeness (QED) is 0.693. The monoisotopic (exact) mass is 202 g/mol. The zero-order valence-electron chi connectivity index (χ0n) is 8.85. The first-order chi connectivity index (χ1) is 7.29. The van der Waals surface area contributed by atoms with E-state index in [4.69, 9.17) is 5.26 Å². The van der Waals surface area contributed by atoms with Crippen molar-refractivity contribution in [2.45, 2.75) is 19.8 Å². The van der Waals surface area contributed by atoms with E-state index in [0.29, 0.717) is 11.6 Å². The van der Waals surface area contributed by atoms with Crippen LogP contribution in [0.25, 0.3) is 0 Å². The van der Waals surface area contributed by atoms with Gasteiger partial charge < -0.3 is 4.90 Å². The Kier molecular flexibility index (Phi) is 2.82. The Labute approximate surface area is 89.6 Å². The van der Waals surface area contributed by atoms with Crippen molar-refractivity contribution in [1.82, 2.24) is 9.97 Å². The Hall–Kier alpha value is -1.63. The van der Waals surface area contributed by atoms with Gasteiger partial charge in [0.25, 0.3) is 0 Å². The molecule has 2 heterocycles. The van der Waals surface area contributed by atoms with Gasteiger partial charge in [-0.3, -0.25) is 0 Å². The molecule has 0 unspecified atom stereocenters. The maximum Gasteiger partial charge on any atom is 0.226 e. The molecule has 2 rings (SSSR count). The number of hydrogen-bond donors (Lipinski definition) is 0. The highest BCUT2D eigenvalue weighted by molar-refractivity contribution is 5.33. The van der Waals surface area contributed by atoms with Crippen LogP contribution in [-0.2, 0) is 0 Å². The van der Waals surface area contributed by atoms with Gasteiger partial charge in [0.15, 0.2) is 0 Å². The summed E-state index contributed by atoms with van der Waals surface area (Å²) in [5.74, 6) is 1.49. The predicted octanol–water partition coefficient (Wildman–Crippen LogP) is 1.58. The number of anilines is 1. The summed E-state index contributed by atoms with van der Waals surface area (Å²) in [6.07, 6.45) is 4.01. The van der Waals surface area contributed by atoms with E-state index in [-0.39, 0.29) is 0 Å². The SMILES string of the molecule is CC1CCN(c2nccc(C#N)n2)CC1. The number of hydrogen-bond acceptors (Lipinski definition) is 4. The maximum absolute atomic E-state index is 8.74. The minimum Gasteiger partial charge on any atom is -0.341 e. The minimum atomic E-state index is 0.443. The van der Waals surface area contributed by atoms with Gasteiger partial charge in [-0.25, -0.2) is 9.97 Å². The molecule has 1 aromatic rings. The molecular weight excluding hydrogens is 188 g/mol. The van der Waals surface area contributed by atoms with Crippen LogP contribution in [0.1, 0.15) is 25.5 Å². The second kappa shape index (κ2) is 4.26. The van der Waals surface area contributed by atoms with E-state index in [1.807, 2.05) is 6.07 Å². The molecule has 0 amide bonds. The Morgan fingerprint density at radius 3 is 2.87 bits per heavy atom. The number of nitrogens with zero attached hydrogens (tertiary/aromatic N) is 4. The van der Waals surface area contributed by atoms with Crippen LogP contribution < -0.4 is 4.90 Å². The lowest BCUT2D eigenvalue weighted by atomic mass is 10.00. The Bertz CT molecular complexity index is 374. The number of rotatable bonds is 1. The molecule has 0 bridgehead atoms. The number of nitriles is 1. The molecule has 1 aromatic heterocycles. The smallest absolute Gasteiger partial charge is 0.226 e. The molecule has 15 heavy (non-hydrogen) atoms. The van der Waals surface area contributed by atoms with Gasteiger partial charge in [-0.05, 0) is 24.8 Å². The summed E-state index contributed by atoms with van der Waals surface area (Å²) in [5.41, 5.74) is 0.443. The van der Waals surface area contributed by atoms with Gasteiger partial charge in [0.2, 0.25) is 5.95 Å². The summed E-state index contributed by atoms with van der Waals surface area (Å²) < 4.78 is 0. The van der Waals surface area contributed by atoms with Crippen LogP contribution in [0.5, 0.6) is 0 Å². The summed E-state index contributed by atoms with van der Waals surface area (Å²) in [5, 5.41) is 8.74. The maximum atomic E-state index is 8.74. The Balaban J connectivity index is 2.12. The first-order valence-corrected chi connectivity index (χ1v) is 5.27. The van der Waals surface area contributed by atoms with Gasteiger partial charge in [-0.1, -0.05) is 6.92 Å². The summed E-state index contributed by atoms with van der Waals surface area (Å²) in [6.45, 7) is 4.26. The number of aromatic nitrogens is 2. The third kappa shape index (κ3) is 2.24. The van der Waals surface area contributed by atoms with Gasteiger partial charge >= 0.3 is 0 Å². The number of piperidine rings is 1.